The van der Waals surface area contributed by atoms with E-state index < -0.39 is 17.2 Å². The highest BCUT2D eigenvalue weighted by Gasteiger charge is 2.29. The van der Waals surface area contributed by atoms with Gasteiger partial charge >= 0.3 is 12.1 Å². The Bertz CT molecular complexity index is 1710. The van der Waals surface area contributed by atoms with E-state index in [1.54, 1.807) is 30.5 Å². The number of fused-ring (bicyclic) bond motifs is 2. The molecule has 1 aromatic carbocycles. The van der Waals surface area contributed by atoms with Gasteiger partial charge in [0.25, 0.3) is 0 Å². The fourth-order valence-corrected chi connectivity index (χ4v) is 5.30. The van der Waals surface area contributed by atoms with Crippen molar-refractivity contribution >= 4 is 40.9 Å². The van der Waals surface area contributed by atoms with Gasteiger partial charge in [-0.05, 0) is 95.3 Å². The number of amides is 1. The zero-order valence-corrected chi connectivity index (χ0v) is 27.0. The standard InChI is InChI=1S/C35H41N5O5/c1-34(2,3)44-31(41)20-29(25-15-18-30(43-7)36-21-25)40-28-12-8-10-23(27(28)22-37-40)13-16-26-17-14-24-11-9-19-39(32(24)38-26)33(42)45-35(4,5)6/h8,10,12-18,21-22,29H,9,11,19-20H2,1-7H3/b16-13+. The lowest BCUT2D eigenvalue weighted by Crippen LogP contribution is -2.40. The van der Waals surface area contributed by atoms with Crippen LogP contribution >= 0.6 is 0 Å². The quantitative estimate of drug-likeness (QED) is 0.205. The lowest BCUT2D eigenvalue weighted by Gasteiger charge is -2.30. The Morgan fingerprint density at radius 2 is 1.73 bits per heavy atom. The zero-order chi connectivity index (χ0) is 32.4. The Hall–Kier alpha value is -4.73. The molecule has 1 unspecified atom stereocenters. The zero-order valence-electron chi connectivity index (χ0n) is 27.0. The van der Waals surface area contributed by atoms with Gasteiger partial charge in [-0.3, -0.25) is 14.4 Å². The molecule has 1 aliphatic rings. The van der Waals surface area contributed by atoms with Gasteiger partial charge in [-0.25, -0.2) is 14.8 Å². The largest absolute Gasteiger partial charge is 0.481 e. The van der Waals surface area contributed by atoms with Gasteiger partial charge in [-0.1, -0.05) is 24.3 Å². The molecule has 4 aromatic rings. The summed E-state index contributed by atoms with van der Waals surface area (Å²) in [6, 6.07) is 13.2. The summed E-state index contributed by atoms with van der Waals surface area (Å²) in [5.74, 6) is 0.793. The maximum absolute atomic E-state index is 13.0. The fraction of sp³-hybridized carbons (Fsp3) is 0.400. The first kappa shape index (κ1) is 31.7. The number of hydrogen-bond acceptors (Lipinski definition) is 8. The van der Waals surface area contributed by atoms with Crippen molar-refractivity contribution < 1.29 is 23.8 Å². The molecule has 1 atom stereocenters. The van der Waals surface area contributed by atoms with Crippen molar-refractivity contribution in [3.63, 3.8) is 0 Å². The molecule has 10 heteroatoms. The Morgan fingerprint density at radius 3 is 2.42 bits per heavy atom. The van der Waals surface area contributed by atoms with Crippen LogP contribution in [-0.2, 0) is 20.7 Å². The summed E-state index contributed by atoms with van der Waals surface area (Å²) in [6.07, 6.45) is 8.83. The van der Waals surface area contributed by atoms with Gasteiger partial charge in [0.1, 0.15) is 17.0 Å². The summed E-state index contributed by atoms with van der Waals surface area (Å²) in [4.78, 5) is 36.8. The number of rotatable bonds is 7. The smallest absolute Gasteiger partial charge is 0.416 e. The molecular formula is C35H41N5O5. The van der Waals surface area contributed by atoms with Gasteiger partial charge in [0.15, 0.2) is 0 Å². The molecule has 5 rings (SSSR count). The van der Waals surface area contributed by atoms with Crippen LogP contribution in [0.4, 0.5) is 10.6 Å². The van der Waals surface area contributed by atoms with Crippen LogP contribution in [0.1, 0.15) is 82.8 Å². The molecule has 0 bridgehead atoms. The minimum atomic E-state index is -0.613. The number of aryl methyl sites for hydroxylation is 1. The summed E-state index contributed by atoms with van der Waals surface area (Å²) >= 11 is 0. The SMILES string of the molecule is COc1ccc(C(CC(=O)OC(C)(C)C)n2ncc3c(/C=C/c4ccc5c(n4)N(C(=O)OC(C)(C)C)CCC5)cccc32)cn1. The summed E-state index contributed by atoms with van der Waals surface area (Å²) in [5, 5.41) is 5.65. The van der Waals surface area contributed by atoms with Crippen LogP contribution in [0.3, 0.4) is 0 Å². The van der Waals surface area contributed by atoms with Gasteiger partial charge in [-0.15, -0.1) is 0 Å². The molecule has 10 nitrogen and oxygen atoms in total. The van der Waals surface area contributed by atoms with Crippen LogP contribution < -0.4 is 9.64 Å². The Morgan fingerprint density at radius 1 is 0.956 bits per heavy atom. The van der Waals surface area contributed by atoms with Gasteiger partial charge in [0, 0.05) is 24.2 Å². The van der Waals surface area contributed by atoms with Crippen molar-refractivity contribution in [2.45, 2.75) is 78.0 Å². The van der Waals surface area contributed by atoms with Crippen LogP contribution in [0.5, 0.6) is 5.88 Å². The van der Waals surface area contributed by atoms with Crippen LogP contribution in [0.25, 0.3) is 23.1 Å². The van der Waals surface area contributed by atoms with E-state index in [-0.39, 0.29) is 18.5 Å². The number of benzene rings is 1. The first-order valence-electron chi connectivity index (χ1n) is 15.2. The van der Waals surface area contributed by atoms with Crippen molar-refractivity contribution in [2.24, 2.45) is 0 Å². The van der Waals surface area contributed by atoms with E-state index in [2.05, 4.69) is 4.98 Å². The normalized spacial score (nSPS) is 14.3. The third-order valence-electron chi connectivity index (χ3n) is 7.21. The highest BCUT2D eigenvalue weighted by Crippen LogP contribution is 2.31. The lowest BCUT2D eigenvalue weighted by molar-refractivity contribution is -0.155. The highest BCUT2D eigenvalue weighted by molar-refractivity contribution is 5.91. The first-order chi connectivity index (χ1) is 21.3. The number of carbonyl (C=O) groups excluding carboxylic acids is 2. The van der Waals surface area contributed by atoms with Crippen molar-refractivity contribution in [1.82, 2.24) is 19.7 Å². The van der Waals surface area contributed by atoms with E-state index in [9.17, 15) is 9.59 Å². The summed E-state index contributed by atoms with van der Waals surface area (Å²) in [7, 11) is 1.56. The topological polar surface area (TPSA) is 109 Å². The lowest BCUT2D eigenvalue weighted by atomic mass is 10.0. The molecule has 0 aliphatic carbocycles. The van der Waals surface area contributed by atoms with E-state index in [0.717, 1.165) is 46.1 Å². The predicted octanol–water partition coefficient (Wildman–Crippen LogP) is 7.01. The maximum Gasteiger partial charge on any atom is 0.416 e. The summed E-state index contributed by atoms with van der Waals surface area (Å²) in [5.41, 5.74) is 3.14. The second-order valence-electron chi connectivity index (χ2n) is 13.1. The Balaban J connectivity index is 1.46. The van der Waals surface area contributed by atoms with E-state index in [0.29, 0.717) is 18.2 Å². The highest BCUT2D eigenvalue weighted by atomic mass is 16.6. The van der Waals surface area contributed by atoms with Gasteiger partial charge in [0.05, 0.1) is 37.0 Å². The molecule has 0 fully saturated rings. The van der Waals surface area contributed by atoms with E-state index in [4.69, 9.17) is 24.3 Å². The minimum absolute atomic E-state index is 0.0787. The molecule has 0 saturated carbocycles. The molecule has 1 aliphatic heterocycles. The van der Waals surface area contributed by atoms with E-state index in [1.165, 1.54) is 0 Å². The van der Waals surface area contributed by atoms with Crippen molar-refractivity contribution in [1.29, 1.82) is 0 Å². The fourth-order valence-electron chi connectivity index (χ4n) is 5.30. The van der Waals surface area contributed by atoms with Crippen LogP contribution in [-0.4, -0.2) is 56.7 Å². The first-order valence-corrected chi connectivity index (χ1v) is 15.2. The third-order valence-corrected chi connectivity index (χ3v) is 7.21. The van der Waals surface area contributed by atoms with Gasteiger partial charge in [-0.2, -0.15) is 5.10 Å². The van der Waals surface area contributed by atoms with Crippen molar-refractivity contribution in [3.05, 3.63) is 77.2 Å². The molecule has 4 heterocycles. The monoisotopic (exact) mass is 611 g/mol. The number of pyridine rings is 2. The van der Waals surface area contributed by atoms with Gasteiger partial charge in [0.2, 0.25) is 5.88 Å². The number of anilines is 1. The number of esters is 1. The van der Waals surface area contributed by atoms with E-state index >= 15 is 0 Å². The molecular weight excluding hydrogens is 570 g/mol. The minimum Gasteiger partial charge on any atom is -0.481 e. The number of hydrogen-bond donors (Lipinski definition) is 0. The maximum atomic E-state index is 13.0. The molecule has 0 radical (unpaired) electrons. The summed E-state index contributed by atoms with van der Waals surface area (Å²) in [6.45, 7) is 11.7. The molecule has 236 valence electrons. The predicted molar refractivity (Wildman–Crippen MR) is 174 cm³/mol. The number of ether oxygens (including phenoxy) is 3. The Kier molecular flexibility index (Phi) is 8.95. The van der Waals surface area contributed by atoms with Crippen LogP contribution in [0, 0.1) is 0 Å². The third kappa shape index (κ3) is 7.68. The second-order valence-corrected chi connectivity index (χ2v) is 13.1. The molecule has 0 spiro atoms. The van der Waals surface area contributed by atoms with Crippen molar-refractivity contribution in [2.75, 3.05) is 18.6 Å². The summed E-state index contributed by atoms with van der Waals surface area (Å²) < 4.78 is 18.4. The van der Waals surface area contributed by atoms with Crippen LogP contribution in [0.2, 0.25) is 0 Å². The van der Waals surface area contributed by atoms with Crippen molar-refractivity contribution in [3.8, 4) is 5.88 Å². The van der Waals surface area contributed by atoms with Gasteiger partial charge < -0.3 is 14.2 Å². The van der Waals surface area contributed by atoms with Crippen LogP contribution in [0.15, 0.2) is 54.9 Å². The number of methoxy groups -OCH3 is 1. The number of nitrogens with zero attached hydrogens (tertiary/aromatic N) is 5. The molecule has 0 N–H and O–H groups in total. The number of carbonyl (C=O) groups is 2. The number of aromatic nitrogens is 4. The molecule has 0 saturated heterocycles. The molecule has 3 aromatic heterocycles. The second kappa shape index (κ2) is 12.7. The Labute approximate surface area is 264 Å². The molecule has 1 amide bonds. The average Bonchev–Trinajstić information content (AvgIpc) is 3.41. The average molecular weight is 612 g/mol. The molecule has 45 heavy (non-hydrogen) atoms. The van der Waals surface area contributed by atoms with E-state index in [1.807, 2.05) is 94.8 Å².